The lowest BCUT2D eigenvalue weighted by Gasteiger charge is -2.26. The van der Waals surface area contributed by atoms with E-state index in [2.05, 4.69) is 0 Å². The van der Waals surface area contributed by atoms with Crippen LogP contribution in [0.3, 0.4) is 0 Å². The van der Waals surface area contributed by atoms with Crippen LogP contribution in [-0.2, 0) is 16.1 Å². The van der Waals surface area contributed by atoms with E-state index in [0.29, 0.717) is 0 Å². The number of halogens is 1. The number of Topliss-reactive ketones (excluding diaryl/α,β-unsaturated/α-hetero) is 1. The van der Waals surface area contributed by atoms with Crippen molar-refractivity contribution in [1.82, 2.24) is 4.90 Å². The Labute approximate surface area is 149 Å². The Morgan fingerprint density at radius 2 is 1.96 bits per heavy atom. The number of amides is 1. The average Bonchev–Trinajstić information content (AvgIpc) is 3.18. The predicted octanol–water partition coefficient (Wildman–Crippen LogP) is 4.01. The molecule has 0 saturated carbocycles. The average molecular weight is 359 g/mol. The molecule has 1 N–H and O–H groups in total. The zero-order chi connectivity index (χ0) is 18.1. The van der Waals surface area contributed by atoms with E-state index in [4.69, 9.17) is 0 Å². The van der Waals surface area contributed by atoms with Gasteiger partial charge in [0, 0.05) is 17.3 Å². The van der Waals surface area contributed by atoms with Gasteiger partial charge in [-0.2, -0.15) is 0 Å². The van der Waals surface area contributed by atoms with Crippen molar-refractivity contribution in [3.8, 4) is 0 Å². The van der Waals surface area contributed by atoms with Gasteiger partial charge in [-0.3, -0.25) is 9.59 Å². The molecule has 1 atom stereocenters. The summed E-state index contributed by atoms with van der Waals surface area (Å²) in [5.74, 6) is -2.00. The maximum atomic E-state index is 13.1. The van der Waals surface area contributed by atoms with Crippen LogP contribution in [-0.4, -0.2) is 21.7 Å². The number of benzene rings is 1. The molecule has 0 aliphatic carbocycles. The predicted molar refractivity (Wildman–Crippen MR) is 93.5 cm³/mol. The van der Waals surface area contributed by atoms with E-state index in [9.17, 15) is 19.1 Å². The Morgan fingerprint density at radius 3 is 2.52 bits per heavy atom. The standard InChI is InChI=1S/C19H18FNO3S/c1-11(2)17(22)15-16(14-4-3-9-25-14)21(19(24)18(15)23)10-12-5-7-13(20)8-6-12/h3-9,11,16,23H,10H2,1-2H3. The van der Waals surface area contributed by atoms with Gasteiger partial charge in [0.25, 0.3) is 5.91 Å². The fraction of sp³-hybridized carbons (Fsp3) is 0.263. The van der Waals surface area contributed by atoms with Gasteiger partial charge in [-0.25, -0.2) is 4.39 Å². The molecule has 1 aromatic heterocycles. The molecule has 0 fully saturated rings. The Bertz CT molecular complexity index is 825. The molecule has 0 bridgehead atoms. The van der Waals surface area contributed by atoms with Gasteiger partial charge in [-0.15, -0.1) is 11.3 Å². The molecular weight excluding hydrogens is 341 g/mol. The van der Waals surface area contributed by atoms with Crippen LogP contribution in [0.25, 0.3) is 0 Å². The summed E-state index contributed by atoms with van der Waals surface area (Å²) in [6.45, 7) is 3.66. The van der Waals surface area contributed by atoms with Gasteiger partial charge in [-0.1, -0.05) is 32.0 Å². The van der Waals surface area contributed by atoms with Gasteiger partial charge in [-0.05, 0) is 29.1 Å². The Hall–Kier alpha value is -2.47. The van der Waals surface area contributed by atoms with Crippen LogP contribution in [0.2, 0.25) is 0 Å². The second kappa shape index (κ2) is 6.80. The molecule has 1 aliphatic heterocycles. The number of rotatable bonds is 5. The van der Waals surface area contributed by atoms with Crippen molar-refractivity contribution in [1.29, 1.82) is 0 Å². The minimum Gasteiger partial charge on any atom is -0.503 e. The summed E-state index contributed by atoms with van der Waals surface area (Å²) in [6, 6.07) is 8.89. The van der Waals surface area contributed by atoms with Crippen LogP contribution in [0, 0.1) is 11.7 Å². The summed E-state index contributed by atoms with van der Waals surface area (Å²) in [4.78, 5) is 27.5. The number of nitrogens with zero attached hydrogens (tertiary/aromatic N) is 1. The summed E-state index contributed by atoms with van der Waals surface area (Å²) < 4.78 is 13.1. The lowest BCUT2D eigenvalue weighted by Crippen LogP contribution is -2.30. The molecule has 0 spiro atoms. The van der Waals surface area contributed by atoms with Crippen LogP contribution < -0.4 is 0 Å². The highest BCUT2D eigenvalue weighted by molar-refractivity contribution is 7.10. The number of hydrogen-bond acceptors (Lipinski definition) is 4. The maximum Gasteiger partial charge on any atom is 0.290 e. The van der Waals surface area contributed by atoms with Crippen LogP contribution in [0.5, 0.6) is 0 Å². The number of carbonyl (C=O) groups excluding carboxylic acids is 2. The van der Waals surface area contributed by atoms with E-state index in [1.54, 1.807) is 26.0 Å². The molecule has 2 heterocycles. The summed E-state index contributed by atoms with van der Waals surface area (Å²) in [7, 11) is 0. The van der Waals surface area contributed by atoms with Crippen molar-refractivity contribution >= 4 is 23.0 Å². The van der Waals surface area contributed by atoms with Crippen molar-refractivity contribution in [2.75, 3.05) is 0 Å². The Morgan fingerprint density at radius 1 is 1.28 bits per heavy atom. The number of thiophene rings is 1. The third-order valence-electron chi connectivity index (χ3n) is 4.17. The molecule has 25 heavy (non-hydrogen) atoms. The van der Waals surface area contributed by atoms with Crippen molar-refractivity contribution in [2.24, 2.45) is 5.92 Å². The third kappa shape index (κ3) is 3.22. The molecule has 3 rings (SSSR count). The molecule has 1 unspecified atom stereocenters. The molecule has 1 aliphatic rings. The molecule has 1 amide bonds. The van der Waals surface area contributed by atoms with Crippen LogP contribution >= 0.6 is 11.3 Å². The van der Waals surface area contributed by atoms with E-state index in [1.807, 2.05) is 17.5 Å². The van der Waals surface area contributed by atoms with Gasteiger partial charge in [0.05, 0.1) is 11.6 Å². The number of aliphatic hydroxyl groups is 1. The second-order valence-electron chi connectivity index (χ2n) is 6.26. The third-order valence-corrected chi connectivity index (χ3v) is 5.10. The lowest BCUT2D eigenvalue weighted by atomic mass is 9.94. The van der Waals surface area contributed by atoms with E-state index in [0.717, 1.165) is 10.4 Å². The van der Waals surface area contributed by atoms with E-state index >= 15 is 0 Å². The highest BCUT2D eigenvalue weighted by Gasteiger charge is 2.44. The Balaban J connectivity index is 2.01. The van der Waals surface area contributed by atoms with Crippen LogP contribution in [0.15, 0.2) is 53.1 Å². The number of carbonyl (C=O) groups is 2. The van der Waals surface area contributed by atoms with E-state index in [1.165, 1.54) is 28.4 Å². The Kier molecular flexibility index (Phi) is 4.72. The molecule has 2 aromatic rings. The molecule has 6 heteroatoms. The quantitative estimate of drug-likeness (QED) is 0.878. The largest absolute Gasteiger partial charge is 0.503 e. The van der Waals surface area contributed by atoms with Gasteiger partial charge in [0.2, 0.25) is 0 Å². The first-order valence-electron chi connectivity index (χ1n) is 7.96. The van der Waals surface area contributed by atoms with Crippen molar-refractivity contribution in [3.63, 3.8) is 0 Å². The van der Waals surface area contributed by atoms with Gasteiger partial charge < -0.3 is 10.0 Å². The van der Waals surface area contributed by atoms with Crippen LogP contribution in [0.1, 0.15) is 30.3 Å². The first-order valence-corrected chi connectivity index (χ1v) is 8.84. The molecular formula is C19H18FNO3S. The summed E-state index contributed by atoms with van der Waals surface area (Å²) in [6.07, 6.45) is 0. The summed E-state index contributed by atoms with van der Waals surface area (Å²) >= 11 is 1.42. The molecule has 4 nitrogen and oxygen atoms in total. The van der Waals surface area contributed by atoms with E-state index in [-0.39, 0.29) is 29.6 Å². The normalized spacial score (nSPS) is 17.7. The molecule has 130 valence electrons. The van der Waals surface area contributed by atoms with Gasteiger partial charge >= 0.3 is 0 Å². The fourth-order valence-corrected chi connectivity index (χ4v) is 3.75. The number of hydrogen-bond donors (Lipinski definition) is 1. The zero-order valence-electron chi connectivity index (χ0n) is 13.9. The maximum absolute atomic E-state index is 13.1. The lowest BCUT2D eigenvalue weighted by molar-refractivity contribution is -0.130. The van der Waals surface area contributed by atoms with E-state index < -0.39 is 17.7 Å². The summed E-state index contributed by atoms with van der Waals surface area (Å²) in [5, 5.41) is 12.2. The minimum absolute atomic E-state index is 0.143. The molecule has 1 aromatic carbocycles. The smallest absolute Gasteiger partial charge is 0.290 e. The molecule has 0 saturated heterocycles. The number of aliphatic hydroxyl groups excluding tert-OH is 1. The second-order valence-corrected chi connectivity index (χ2v) is 7.24. The van der Waals surface area contributed by atoms with Crippen molar-refractivity contribution < 1.29 is 19.1 Å². The first-order chi connectivity index (χ1) is 11.9. The van der Waals surface area contributed by atoms with Crippen molar-refractivity contribution in [2.45, 2.75) is 26.4 Å². The highest BCUT2D eigenvalue weighted by atomic mass is 32.1. The van der Waals surface area contributed by atoms with Gasteiger partial charge in [0.15, 0.2) is 11.5 Å². The fourth-order valence-electron chi connectivity index (χ4n) is 2.91. The first kappa shape index (κ1) is 17.4. The highest BCUT2D eigenvalue weighted by Crippen LogP contribution is 2.41. The molecule has 0 radical (unpaired) electrons. The minimum atomic E-state index is -0.618. The monoisotopic (exact) mass is 359 g/mol. The van der Waals surface area contributed by atoms with Gasteiger partial charge in [0.1, 0.15) is 5.82 Å². The topological polar surface area (TPSA) is 57.6 Å². The zero-order valence-corrected chi connectivity index (χ0v) is 14.7. The van der Waals surface area contributed by atoms with Crippen LogP contribution in [0.4, 0.5) is 4.39 Å². The SMILES string of the molecule is CC(C)C(=O)C1=C(O)C(=O)N(Cc2ccc(F)cc2)C1c1cccs1. The van der Waals surface area contributed by atoms with Crippen molar-refractivity contribution in [3.05, 3.63) is 69.4 Å². The summed E-state index contributed by atoms with van der Waals surface area (Å²) in [5.41, 5.74) is 0.868. The number of ketones is 1.